The standard InChI is InChI=1S/C21H35N5O/c1-15(2)18-6-5-10-26(11-7-18)21(27)24-19-8-12-25(13-9-19)20-14-16(3)22-17(4)23-20/h14-15,18-19H,5-13H2,1-4H3,(H,24,27). The summed E-state index contributed by atoms with van der Waals surface area (Å²) in [6.45, 7) is 12.2. The molecule has 0 aromatic carbocycles. The summed E-state index contributed by atoms with van der Waals surface area (Å²) < 4.78 is 0. The summed E-state index contributed by atoms with van der Waals surface area (Å²) in [5.74, 6) is 3.30. The van der Waals surface area contributed by atoms with Crippen molar-refractivity contribution in [2.75, 3.05) is 31.1 Å². The summed E-state index contributed by atoms with van der Waals surface area (Å²) in [4.78, 5) is 26.0. The molecule has 1 atom stereocenters. The number of nitrogens with one attached hydrogen (secondary N) is 1. The molecule has 0 saturated carbocycles. The molecular formula is C21H35N5O. The van der Waals surface area contributed by atoms with E-state index in [4.69, 9.17) is 0 Å². The number of aromatic nitrogens is 2. The minimum Gasteiger partial charge on any atom is -0.356 e. The van der Waals surface area contributed by atoms with Crippen LogP contribution in [-0.4, -0.2) is 53.1 Å². The molecule has 6 nitrogen and oxygen atoms in total. The van der Waals surface area contributed by atoms with Crippen molar-refractivity contribution in [2.24, 2.45) is 11.8 Å². The van der Waals surface area contributed by atoms with E-state index in [-0.39, 0.29) is 12.1 Å². The Kier molecular flexibility index (Phi) is 6.55. The molecule has 1 unspecified atom stereocenters. The highest BCUT2D eigenvalue weighted by atomic mass is 16.2. The number of carbonyl (C=O) groups excluding carboxylic acids is 1. The van der Waals surface area contributed by atoms with Crippen LogP contribution in [0.4, 0.5) is 10.6 Å². The maximum Gasteiger partial charge on any atom is 0.317 e. The number of likely N-dealkylation sites (tertiary alicyclic amines) is 1. The molecule has 6 heteroatoms. The van der Waals surface area contributed by atoms with Gasteiger partial charge in [0.05, 0.1) is 0 Å². The van der Waals surface area contributed by atoms with E-state index in [1.165, 1.54) is 6.42 Å². The molecular weight excluding hydrogens is 338 g/mol. The normalized spacial score (nSPS) is 22.0. The predicted molar refractivity (Wildman–Crippen MR) is 109 cm³/mol. The molecule has 2 saturated heterocycles. The lowest BCUT2D eigenvalue weighted by Gasteiger charge is -2.34. The van der Waals surface area contributed by atoms with E-state index < -0.39 is 0 Å². The molecule has 1 aromatic heterocycles. The average molecular weight is 374 g/mol. The largest absolute Gasteiger partial charge is 0.356 e. The lowest BCUT2D eigenvalue weighted by Crippen LogP contribution is -2.49. The van der Waals surface area contributed by atoms with E-state index in [1.54, 1.807) is 0 Å². The van der Waals surface area contributed by atoms with Crippen molar-refractivity contribution in [1.82, 2.24) is 20.2 Å². The van der Waals surface area contributed by atoms with Crippen molar-refractivity contribution < 1.29 is 4.79 Å². The lowest BCUT2D eigenvalue weighted by atomic mass is 9.89. The van der Waals surface area contributed by atoms with Gasteiger partial charge in [0.2, 0.25) is 0 Å². The van der Waals surface area contributed by atoms with E-state index in [0.29, 0.717) is 5.92 Å². The SMILES string of the molecule is Cc1cc(N2CCC(NC(=O)N3CCCC(C(C)C)CC3)CC2)nc(C)n1. The number of anilines is 1. The molecule has 1 aromatic rings. The Morgan fingerprint density at radius 2 is 1.81 bits per heavy atom. The minimum atomic E-state index is 0.131. The number of nitrogens with zero attached hydrogens (tertiary/aromatic N) is 4. The van der Waals surface area contributed by atoms with Crippen LogP contribution in [0.1, 0.15) is 57.5 Å². The quantitative estimate of drug-likeness (QED) is 0.880. The molecule has 0 radical (unpaired) electrons. The second-order valence-corrected chi connectivity index (χ2v) is 8.55. The van der Waals surface area contributed by atoms with Gasteiger partial charge in [-0.05, 0) is 57.8 Å². The van der Waals surface area contributed by atoms with Crippen molar-refractivity contribution in [1.29, 1.82) is 0 Å². The van der Waals surface area contributed by atoms with Crippen LogP contribution in [0.25, 0.3) is 0 Å². The third-order valence-electron chi connectivity index (χ3n) is 6.10. The maximum atomic E-state index is 12.7. The van der Waals surface area contributed by atoms with Gasteiger partial charge >= 0.3 is 6.03 Å². The Bertz CT molecular complexity index is 619. The van der Waals surface area contributed by atoms with Crippen LogP contribution in [0.2, 0.25) is 0 Å². The van der Waals surface area contributed by atoms with Crippen LogP contribution < -0.4 is 10.2 Å². The smallest absolute Gasteiger partial charge is 0.317 e. The van der Waals surface area contributed by atoms with Crippen molar-refractivity contribution in [2.45, 2.75) is 65.8 Å². The number of aryl methyl sites for hydroxylation is 2. The summed E-state index contributed by atoms with van der Waals surface area (Å²) in [5.41, 5.74) is 1.01. The summed E-state index contributed by atoms with van der Waals surface area (Å²) in [7, 11) is 0. The second kappa shape index (κ2) is 8.89. The number of hydrogen-bond donors (Lipinski definition) is 1. The van der Waals surface area contributed by atoms with Gasteiger partial charge in [0, 0.05) is 44.0 Å². The Hall–Kier alpha value is -1.85. The number of hydrogen-bond acceptors (Lipinski definition) is 4. The van der Waals surface area contributed by atoms with Gasteiger partial charge in [0.1, 0.15) is 11.6 Å². The van der Waals surface area contributed by atoms with Crippen LogP contribution in [0, 0.1) is 25.7 Å². The fourth-order valence-corrected chi connectivity index (χ4v) is 4.37. The van der Waals surface area contributed by atoms with Crippen LogP contribution in [-0.2, 0) is 0 Å². The summed E-state index contributed by atoms with van der Waals surface area (Å²) in [6.07, 6.45) is 5.45. The summed E-state index contributed by atoms with van der Waals surface area (Å²) in [5, 5.41) is 3.28. The fraction of sp³-hybridized carbons (Fsp3) is 0.762. The third kappa shape index (κ3) is 5.33. The highest BCUT2D eigenvalue weighted by Gasteiger charge is 2.26. The molecule has 27 heavy (non-hydrogen) atoms. The molecule has 2 amide bonds. The first-order valence-corrected chi connectivity index (χ1v) is 10.5. The highest BCUT2D eigenvalue weighted by Crippen LogP contribution is 2.25. The Balaban J connectivity index is 1.48. The molecule has 2 aliphatic rings. The Morgan fingerprint density at radius 1 is 1.07 bits per heavy atom. The van der Waals surface area contributed by atoms with Crippen molar-refractivity contribution in [3.05, 3.63) is 17.6 Å². The topological polar surface area (TPSA) is 61.4 Å². The number of piperidine rings is 1. The van der Waals surface area contributed by atoms with Gasteiger partial charge in [-0.3, -0.25) is 0 Å². The maximum absolute atomic E-state index is 12.7. The first kappa shape index (κ1) is 19.9. The Morgan fingerprint density at radius 3 is 2.48 bits per heavy atom. The van der Waals surface area contributed by atoms with Crippen LogP contribution in [0.3, 0.4) is 0 Å². The predicted octanol–water partition coefficient (Wildman–Crippen LogP) is 3.53. The zero-order chi connectivity index (χ0) is 19.4. The zero-order valence-corrected chi connectivity index (χ0v) is 17.4. The Labute approximate surface area is 163 Å². The molecule has 0 aliphatic carbocycles. The first-order valence-electron chi connectivity index (χ1n) is 10.5. The van der Waals surface area contributed by atoms with Gasteiger partial charge in [0.25, 0.3) is 0 Å². The molecule has 1 N–H and O–H groups in total. The molecule has 3 heterocycles. The number of urea groups is 1. The van der Waals surface area contributed by atoms with E-state index in [0.717, 1.165) is 75.1 Å². The van der Waals surface area contributed by atoms with Crippen LogP contribution in [0.5, 0.6) is 0 Å². The lowest BCUT2D eigenvalue weighted by molar-refractivity contribution is 0.192. The van der Waals surface area contributed by atoms with E-state index >= 15 is 0 Å². The molecule has 3 rings (SSSR count). The molecule has 2 fully saturated rings. The first-order chi connectivity index (χ1) is 12.9. The molecule has 0 spiro atoms. The van der Waals surface area contributed by atoms with Crippen LogP contribution >= 0.6 is 0 Å². The van der Waals surface area contributed by atoms with Gasteiger partial charge in [-0.15, -0.1) is 0 Å². The number of carbonyl (C=O) groups is 1. The van der Waals surface area contributed by atoms with Gasteiger partial charge in [-0.25, -0.2) is 14.8 Å². The van der Waals surface area contributed by atoms with E-state index in [2.05, 4.69) is 34.0 Å². The second-order valence-electron chi connectivity index (χ2n) is 8.55. The van der Waals surface area contributed by atoms with Crippen LogP contribution in [0.15, 0.2) is 6.07 Å². The number of rotatable bonds is 3. The average Bonchev–Trinajstić information content (AvgIpc) is 2.88. The zero-order valence-electron chi connectivity index (χ0n) is 17.4. The van der Waals surface area contributed by atoms with Gasteiger partial charge < -0.3 is 15.1 Å². The van der Waals surface area contributed by atoms with E-state index in [1.807, 2.05) is 24.8 Å². The fourth-order valence-electron chi connectivity index (χ4n) is 4.37. The van der Waals surface area contributed by atoms with Crippen molar-refractivity contribution in [3.63, 3.8) is 0 Å². The molecule has 150 valence electrons. The minimum absolute atomic E-state index is 0.131. The van der Waals surface area contributed by atoms with Gasteiger partial charge in [0.15, 0.2) is 0 Å². The van der Waals surface area contributed by atoms with Gasteiger partial charge in [-0.1, -0.05) is 13.8 Å². The van der Waals surface area contributed by atoms with E-state index in [9.17, 15) is 4.79 Å². The van der Waals surface area contributed by atoms with Crippen molar-refractivity contribution in [3.8, 4) is 0 Å². The summed E-state index contributed by atoms with van der Waals surface area (Å²) in [6, 6.07) is 2.45. The van der Waals surface area contributed by atoms with Gasteiger partial charge in [-0.2, -0.15) is 0 Å². The number of amides is 2. The molecule has 2 aliphatic heterocycles. The third-order valence-corrected chi connectivity index (χ3v) is 6.10. The highest BCUT2D eigenvalue weighted by molar-refractivity contribution is 5.74. The summed E-state index contributed by atoms with van der Waals surface area (Å²) >= 11 is 0. The monoisotopic (exact) mass is 373 g/mol. The molecule has 0 bridgehead atoms. The van der Waals surface area contributed by atoms with Crippen molar-refractivity contribution >= 4 is 11.8 Å².